The predicted octanol–water partition coefficient (Wildman–Crippen LogP) is 3.97. The molecule has 1 aromatic carbocycles. The van der Waals surface area contributed by atoms with Crippen molar-refractivity contribution in [2.45, 2.75) is 38.7 Å². The van der Waals surface area contributed by atoms with Crippen molar-refractivity contribution in [2.75, 3.05) is 5.73 Å². The highest BCUT2D eigenvalue weighted by Crippen LogP contribution is 2.42. The third kappa shape index (κ3) is 2.17. The van der Waals surface area contributed by atoms with Crippen LogP contribution in [0.15, 0.2) is 24.3 Å². The Labute approximate surface area is 116 Å². The summed E-state index contributed by atoms with van der Waals surface area (Å²) in [5.41, 5.74) is 7.44. The SMILES string of the molecule is CCn1c(C2CC2)nc(-c2cccc(C(F)F)c2)c1N. The van der Waals surface area contributed by atoms with E-state index >= 15 is 0 Å². The third-order valence-corrected chi connectivity index (χ3v) is 3.71. The van der Waals surface area contributed by atoms with Crippen LogP contribution in [0.3, 0.4) is 0 Å². The van der Waals surface area contributed by atoms with Gasteiger partial charge in [0, 0.05) is 23.6 Å². The summed E-state index contributed by atoms with van der Waals surface area (Å²) in [6.45, 7) is 2.77. The normalized spacial score (nSPS) is 15.0. The molecular formula is C15H17F2N3. The second kappa shape index (κ2) is 4.89. The van der Waals surface area contributed by atoms with Crippen molar-refractivity contribution in [3.05, 3.63) is 35.7 Å². The number of nitrogens with zero attached hydrogens (tertiary/aromatic N) is 2. The average molecular weight is 277 g/mol. The first-order chi connectivity index (χ1) is 9.61. The summed E-state index contributed by atoms with van der Waals surface area (Å²) in [7, 11) is 0. The molecule has 1 heterocycles. The van der Waals surface area contributed by atoms with E-state index in [1.165, 1.54) is 12.1 Å². The van der Waals surface area contributed by atoms with Crippen LogP contribution >= 0.6 is 0 Å². The molecule has 0 bridgehead atoms. The zero-order valence-corrected chi connectivity index (χ0v) is 11.3. The number of halogens is 2. The van der Waals surface area contributed by atoms with E-state index in [1.54, 1.807) is 12.1 Å². The van der Waals surface area contributed by atoms with Gasteiger partial charge in [-0.3, -0.25) is 0 Å². The Morgan fingerprint density at radius 3 is 2.75 bits per heavy atom. The molecule has 0 atom stereocenters. The number of aromatic nitrogens is 2. The van der Waals surface area contributed by atoms with Gasteiger partial charge < -0.3 is 10.3 Å². The van der Waals surface area contributed by atoms with Crippen molar-refractivity contribution < 1.29 is 8.78 Å². The highest BCUT2D eigenvalue weighted by atomic mass is 19.3. The van der Waals surface area contributed by atoms with Gasteiger partial charge in [-0.25, -0.2) is 13.8 Å². The molecule has 106 valence electrons. The Balaban J connectivity index is 2.07. The van der Waals surface area contributed by atoms with E-state index in [9.17, 15) is 8.78 Å². The van der Waals surface area contributed by atoms with Gasteiger partial charge >= 0.3 is 0 Å². The topological polar surface area (TPSA) is 43.8 Å². The summed E-state index contributed by atoms with van der Waals surface area (Å²) in [4.78, 5) is 4.61. The second-order valence-electron chi connectivity index (χ2n) is 5.15. The van der Waals surface area contributed by atoms with E-state index in [1.807, 2.05) is 11.5 Å². The molecule has 0 amide bonds. The minimum absolute atomic E-state index is 0.000852. The molecule has 1 aliphatic rings. The number of hydrogen-bond acceptors (Lipinski definition) is 2. The summed E-state index contributed by atoms with van der Waals surface area (Å²) < 4.78 is 27.6. The molecule has 3 nitrogen and oxygen atoms in total. The lowest BCUT2D eigenvalue weighted by Crippen LogP contribution is -2.04. The highest BCUT2D eigenvalue weighted by Gasteiger charge is 2.30. The Kier molecular flexibility index (Phi) is 3.20. The summed E-state index contributed by atoms with van der Waals surface area (Å²) in [5, 5.41) is 0. The molecule has 1 aromatic heterocycles. The van der Waals surface area contributed by atoms with E-state index in [-0.39, 0.29) is 5.56 Å². The van der Waals surface area contributed by atoms with E-state index in [2.05, 4.69) is 4.98 Å². The summed E-state index contributed by atoms with van der Waals surface area (Å²) >= 11 is 0. The lowest BCUT2D eigenvalue weighted by atomic mass is 10.1. The van der Waals surface area contributed by atoms with Crippen LogP contribution in [0.2, 0.25) is 0 Å². The number of rotatable bonds is 4. The number of nitrogen functional groups attached to an aromatic ring is 1. The monoisotopic (exact) mass is 277 g/mol. The average Bonchev–Trinajstić information content (AvgIpc) is 3.23. The van der Waals surface area contributed by atoms with Gasteiger partial charge in [0.2, 0.25) is 0 Å². The first-order valence-electron chi connectivity index (χ1n) is 6.86. The van der Waals surface area contributed by atoms with E-state index in [0.717, 1.165) is 25.2 Å². The van der Waals surface area contributed by atoms with Crippen LogP contribution in [0.25, 0.3) is 11.3 Å². The molecule has 0 aliphatic heterocycles. The van der Waals surface area contributed by atoms with Crippen molar-refractivity contribution in [3.63, 3.8) is 0 Å². The smallest absolute Gasteiger partial charge is 0.263 e. The number of benzene rings is 1. The standard InChI is InChI=1S/C15H17F2N3/c1-2-20-14(18)12(19-15(20)9-6-7-9)10-4-3-5-11(8-10)13(16)17/h3-5,8-9,13H,2,6-7,18H2,1H3. The Morgan fingerprint density at radius 2 is 2.15 bits per heavy atom. The third-order valence-electron chi connectivity index (χ3n) is 3.71. The lowest BCUT2D eigenvalue weighted by molar-refractivity contribution is 0.151. The van der Waals surface area contributed by atoms with Crippen LogP contribution in [0.4, 0.5) is 14.6 Å². The van der Waals surface area contributed by atoms with Crippen molar-refractivity contribution in [2.24, 2.45) is 0 Å². The zero-order chi connectivity index (χ0) is 14.3. The molecule has 5 heteroatoms. The fourth-order valence-corrected chi connectivity index (χ4v) is 2.50. The van der Waals surface area contributed by atoms with E-state index in [4.69, 9.17) is 5.73 Å². The maximum Gasteiger partial charge on any atom is 0.263 e. The number of anilines is 1. The maximum atomic E-state index is 12.8. The van der Waals surface area contributed by atoms with Crippen molar-refractivity contribution in [1.82, 2.24) is 9.55 Å². The molecule has 3 rings (SSSR count). The maximum absolute atomic E-state index is 12.8. The van der Waals surface area contributed by atoms with Gasteiger partial charge in [-0.2, -0.15) is 0 Å². The molecule has 1 saturated carbocycles. The molecule has 2 N–H and O–H groups in total. The Hall–Kier alpha value is -1.91. The fourth-order valence-electron chi connectivity index (χ4n) is 2.50. The van der Waals surface area contributed by atoms with Crippen LogP contribution in [-0.2, 0) is 6.54 Å². The van der Waals surface area contributed by atoms with E-state index in [0.29, 0.717) is 23.0 Å². The summed E-state index contributed by atoms with van der Waals surface area (Å²) in [6.07, 6.45) is -0.215. The number of imidazole rings is 1. The zero-order valence-electron chi connectivity index (χ0n) is 11.3. The van der Waals surface area contributed by atoms with Crippen LogP contribution < -0.4 is 5.73 Å². The van der Waals surface area contributed by atoms with Gasteiger partial charge in [0.05, 0.1) is 0 Å². The molecule has 0 radical (unpaired) electrons. The molecule has 1 fully saturated rings. The van der Waals surface area contributed by atoms with Gasteiger partial charge in [0.15, 0.2) is 0 Å². The molecule has 20 heavy (non-hydrogen) atoms. The minimum atomic E-state index is -2.48. The van der Waals surface area contributed by atoms with Crippen molar-refractivity contribution in [1.29, 1.82) is 0 Å². The molecular weight excluding hydrogens is 260 g/mol. The molecule has 0 spiro atoms. The first-order valence-corrected chi connectivity index (χ1v) is 6.86. The van der Waals surface area contributed by atoms with Crippen molar-refractivity contribution in [3.8, 4) is 11.3 Å². The van der Waals surface area contributed by atoms with Gasteiger partial charge in [-0.05, 0) is 25.8 Å². The largest absolute Gasteiger partial charge is 0.383 e. The van der Waals surface area contributed by atoms with E-state index < -0.39 is 6.43 Å². The van der Waals surface area contributed by atoms with Gasteiger partial charge in [-0.1, -0.05) is 18.2 Å². The number of hydrogen-bond donors (Lipinski definition) is 1. The van der Waals surface area contributed by atoms with Crippen molar-refractivity contribution >= 4 is 5.82 Å². The molecule has 0 saturated heterocycles. The predicted molar refractivity (Wildman–Crippen MR) is 74.7 cm³/mol. The molecule has 0 unspecified atom stereocenters. The fraction of sp³-hybridized carbons (Fsp3) is 0.400. The van der Waals surface area contributed by atoms with Gasteiger partial charge in [0.1, 0.15) is 17.3 Å². The number of nitrogens with two attached hydrogens (primary N) is 1. The molecule has 2 aromatic rings. The van der Waals surface area contributed by atoms with Crippen LogP contribution in [0.5, 0.6) is 0 Å². The molecule has 1 aliphatic carbocycles. The Bertz CT molecular complexity index is 630. The van der Waals surface area contributed by atoms with Crippen LogP contribution in [0.1, 0.15) is 43.5 Å². The van der Waals surface area contributed by atoms with Crippen LogP contribution in [0, 0.1) is 0 Å². The lowest BCUT2D eigenvalue weighted by Gasteiger charge is -2.06. The minimum Gasteiger partial charge on any atom is -0.383 e. The number of alkyl halides is 2. The Morgan fingerprint density at radius 1 is 1.40 bits per heavy atom. The summed E-state index contributed by atoms with van der Waals surface area (Å²) in [6, 6.07) is 6.29. The first kappa shape index (κ1) is 13.1. The van der Waals surface area contributed by atoms with Crippen LogP contribution in [-0.4, -0.2) is 9.55 Å². The van der Waals surface area contributed by atoms with Gasteiger partial charge in [0.25, 0.3) is 6.43 Å². The summed E-state index contributed by atoms with van der Waals surface area (Å²) in [5.74, 6) is 2.03. The quantitative estimate of drug-likeness (QED) is 0.919. The second-order valence-corrected chi connectivity index (χ2v) is 5.15. The van der Waals surface area contributed by atoms with Gasteiger partial charge in [-0.15, -0.1) is 0 Å². The highest BCUT2D eigenvalue weighted by molar-refractivity contribution is 5.71.